The molecule has 0 radical (unpaired) electrons. The van der Waals surface area contributed by atoms with Gasteiger partial charge in [0.05, 0.1) is 6.10 Å². The molecule has 0 saturated heterocycles. The second-order valence-electron chi connectivity index (χ2n) is 6.15. The monoisotopic (exact) mass is 310 g/mol. The Kier molecular flexibility index (Phi) is 4.50. The van der Waals surface area contributed by atoms with Crippen molar-refractivity contribution >= 4 is 15.9 Å². The van der Waals surface area contributed by atoms with E-state index < -0.39 is 0 Å². The third-order valence-electron chi connectivity index (χ3n) is 4.13. The summed E-state index contributed by atoms with van der Waals surface area (Å²) in [7, 11) is 0. The van der Waals surface area contributed by atoms with E-state index in [2.05, 4.69) is 48.8 Å². The van der Waals surface area contributed by atoms with Crippen molar-refractivity contribution in [2.75, 3.05) is 0 Å². The molecule has 1 nitrogen and oxygen atoms in total. The molecule has 0 spiro atoms. The van der Waals surface area contributed by atoms with Gasteiger partial charge in [0.2, 0.25) is 0 Å². The van der Waals surface area contributed by atoms with Crippen LogP contribution in [-0.4, -0.2) is 5.11 Å². The van der Waals surface area contributed by atoms with Crippen molar-refractivity contribution in [3.05, 3.63) is 33.8 Å². The van der Waals surface area contributed by atoms with Crippen LogP contribution in [0, 0.1) is 24.7 Å². The molecule has 0 aliphatic heterocycles. The van der Waals surface area contributed by atoms with E-state index in [0.717, 1.165) is 34.7 Å². The molecular weight excluding hydrogens is 288 g/mol. The van der Waals surface area contributed by atoms with Crippen LogP contribution in [0.4, 0.5) is 0 Å². The number of aryl methyl sites for hydroxylation is 1. The molecule has 3 atom stereocenters. The summed E-state index contributed by atoms with van der Waals surface area (Å²) < 4.78 is 1.03. The second-order valence-corrected chi connectivity index (χ2v) is 7.00. The van der Waals surface area contributed by atoms with E-state index >= 15 is 0 Å². The van der Waals surface area contributed by atoms with E-state index in [4.69, 9.17) is 0 Å². The minimum absolute atomic E-state index is 0.329. The van der Waals surface area contributed by atoms with Gasteiger partial charge >= 0.3 is 0 Å². The zero-order valence-electron chi connectivity index (χ0n) is 11.5. The Morgan fingerprint density at radius 2 is 1.78 bits per heavy atom. The molecular formula is C16H23BrO. The number of aliphatic hydroxyl groups excluding tert-OH is 1. The smallest absolute Gasteiger partial charge is 0.0829 e. The molecule has 3 unspecified atom stereocenters. The van der Waals surface area contributed by atoms with Gasteiger partial charge in [0.15, 0.2) is 0 Å². The van der Waals surface area contributed by atoms with Crippen molar-refractivity contribution in [1.82, 2.24) is 0 Å². The number of benzene rings is 1. The second kappa shape index (κ2) is 5.75. The molecule has 100 valence electrons. The number of hydrogen-bond donors (Lipinski definition) is 1. The van der Waals surface area contributed by atoms with E-state index in [9.17, 15) is 5.11 Å². The first-order valence-corrected chi connectivity index (χ1v) is 7.70. The van der Waals surface area contributed by atoms with Crippen LogP contribution in [0.5, 0.6) is 0 Å². The Bertz CT molecular complexity index is 406. The molecule has 1 N–H and O–H groups in total. The molecule has 0 aromatic heterocycles. The van der Waals surface area contributed by atoms with E-state index in [1.165, 1.54) is 12.0 Å². The summed E-state index contributed by atoms with van der Waals surface area (Å²) in [4.78, 5) is 0. The maximum atomic E-state index is 10.7. The number of hydrogen-bond acceptors (Lipinski definition) is 1. The molecule has 1 saturated carbocycles. The minimum Gasteiger partial charge on any atom is -0.388 e. The highest BCUT2D eigenvalue weighted by Gasteiger charge is 2.30. The lowest BCUT2D eigenvalue weighted by Crippen LogP contribution is -2.25. The van der Waals surface area contributed by atoms with Crippen LogP contribution in [0.1, 0.15) is 50.3 Å². The van der Waals surface area contributed by atoms with Crippen LogP contribution < -0.4 is 0 Å². The summed E-state index contributed by atoms with van der Waals surface area (Å²) in [6.07, 6.45) is 3.26. The molecule has 1 aromatic carbocycles. The summed E-state index contributed by atoms with van der Waals surface area (Å²) in [6.45, 7) is 6.69. The van der Waals surface area contributed by atoms with Gasteiger partial charge in [0, 0.05) is 4.47 Å². The molecule has 1 aliphatic rings. The average Bonchev–Trinajstić information content (AvgIpc) is 2.30. The number of aliphatic hydroxyl groups is 1. The zero-order chi connectivity index (χ0) is 13.3. The van der Waals surface area contributed by atoms with Crippen LogP contribution in [-0.2, 0) is 0 Å². The van der Waals surface area contributed by atoms with Gasteiger partial charge in [-0.3, -0.25) is 0 Å². The fraction of sp³-hybridized carbons (Fsp3) is 0.625. The van der Waals surface area contributed by atoms with Crippen LogP contribution in [0.25, 0.3) is 0 Å². The van der Waals surface area contributed by atoms with E-state index in [1.54, 1.807) is 0 Å². The van der Waals surface area contributed by atoms with Crippen molar-refractivity contribution in [1.29, 1.82) is 0 Å². The summed E-state index contributed by atoms with van der Waals surface area (Å²) >= 11 is 3.57. The fourth-order valence-corrected chi connectivity index (χ4v) is 3.89. The lowest BCUT2D eigenvalue weighted by Gasteiger charge is -2.34. The minimum atomic E-state index is -0.329. The molecule has 0 bridgehead atoms. The van der Waals surface area contributed by atoms with Gasteiger partial charge in [-0.15, -0.1) is 0 Å². The summed E-state index contributed by atoms with van der Waals surface area (Å²) in [6, 6.07) is 6.23. The van der Waals surface area contributed by atoms with Gasteiger partial charge in [-0.05, 0) is 55.6 Å². The van der Waals surface area contributed by atoms with Gasteiger partial charge < -0.3 is 5.11 Å². The summed E-state index contributed by atoms with van der Waals surface area (Å²) in [5.74, 6) is 1.87. The largest absolute Gasteiger partial charge is 0.388 e. The van der Waals surface area contributed by atoms with Crippen molar-refractivity contribution in [3.8, 4) is 0 Å². The van der Waals surface area contributed by atoms with Crippen LogP contribution in [0.2, 0.25) is 0 Å². The molecule has 0 amide bonds. The van der Waals surface area contributed by atoms with Crippen molar-refractivity contribution in [3.63, 3.8) is 0 Å². The number of halogens is 1. The van der Waals surface area contributed by atoms with Gasteiger partial charge in [0.25, 0.3) is 0 Å². The lowest BCUT2D eigenvalue weighted by molar-refractivity contribution is 0.0546. The van der Waals surface area contributed by atoms with Crippen molar-refractivity contribution in [2.45, 2.75) is 46.1 Å². The molecule has 2 rings (SSSR count). The quantitative estimate of drug-likeness (QED) is 0.826. The Morgan fingerprint density at radius 3 is 2.39 bits per heavy atom. The molecule has 1 fully saturated rings. The molecule has 0 heterocycles. The predicted molar refractivity (Wildman–Crippen MR) is 79.5 cm³/mol. The third-order valence-corrected chi connectivity index (χ3v) is 4.85. The van der Waals surface area contributed by atoms with E-state index in [-0.39, 0.29) is 6.10 Å². The van der Waals surface area contributed by atoms with Gasteiger partial charge in [-0.25, -0.2) is 0 Å². The SMILES string of the molecule is Cc1ccc(Br)c(C(O)C2CC(C)CC(C)C2)c1. The molecule has 1 aliphatic carbocycles. The highest BCUT2D eigenvalue weighted by molar-refractivity contribution is 9.10. The van der Waals surface area contributed by atoms with Crippen LogP contribution in [0.15, 0.2) is 22.7 Å². The van der Waals surface area contributed by atoms with Crippen molar-refractivity contribution in [2.24, 2.45) is 17.8 Å². The predicted octanol–water partition coefficient (Wildman–Crippen LogP) is 4.86. The third kappa shape index (κ3) is 3.16. The summed E-state index contributed by atoms with van der Waals surface area (Å²) in [5, 5.41) is 10.7. The standard InChI is InChI=1S/C16H23BrO/c1-10-4-5-15(17)14(9-10)16(18)13-7-11(2)6-12(3)8-13/h4-5,9,11-13,16,18H,6-8H2,1-3H3. The normalized spacial score (nSPS) is 30.2. The van der Waals surface area contributed by atoms with Gasteiger partial charge in [-0.2, -0.15) is 0 Å². The maximum absolute atomic E-state index is 10.7. The Morgan fingerprint density at radius 1 is 1.17 bits per heavy atom. The molecule has 2 heteroatoms. The highest BCUT2D eigenvalue weighted by Crippen LogP contribution is 2.41. The maximum Gasteiger partial charge on any atom is 0.0829 e. The first-order chi connectivity index (χ1) is 8.47. The molecule has 1 aromatic rings. The topological polar surface area (TPSA) is 20.2 Å². The van der Waals surface area contributed by atoms with E-state index in [1.807, 2.05) is 6.07 Å². The Labute approximate surface area is 119 Å². The van der Waals surface area contributed by atoms with Crippen LogP contribution in [0.3, 0.4) is 0 Å². The number of rotatable bonds is 2. The Balaban J connectivity index is 2.19. The molecule has 18 heavy (non-hydrogen) atoms. The van der Waals surface area contributed by atoms with Crippen molar-refractivity contribution < 1.29 is 5.11 Å². The van der Waals surface area contributed by atoms with Gasteiger partial charge in [0.1, 0.15) is 0 Å². The average molecular weight is 311 g/mol. The van der Waals surface area contributed by atoms with Crippen LogP contribution >= 0.6 is 15.9 Å². The zero-order valence-corrected chi connectivity index (χ0v) is 13.1. The summed E-state index contributed by atoms with van der Waals surface area (Å²) in [5.41, 5.74) is 2.27. The van der Waals surface area contributed by atoms with E-state index in [0.29, 0.717) is 5.92 Å². The fourth-order valence-electron chi connectivity index (χ4n) is 3.41. The Hall–Kier alpha value is -0.340. The lowest BCUT2D eigenvalue weighted by atomic mass is 9.73. The highest BCUT2D eigenvalue weighted by atomic mass is 79.9. The first kappa shape index (κ1) is 14.1. The van der Waals surface area contributed by atoms with Gasteiger partial charge in [-0.1, -0.05) is 47.5 Å². The first-order valence-electron chi connectivity index (χ1n) is 6.91.